The van der Waals surface area contributed by atoms with Gasteiger partial charge in [0.1, 0.15) is 11.9 Å². The molecule has 1 fully saturated rings. The summed E-state index contributed by atoms with van der Waals surface area (Å²) in [6, 6.07) is 1.76. The average Bonchev–Trinajstić information content (AvgIpc) is 3.22. The van der Waals surface area contributed by atoms with Crippen molar-refractivity contribution in [2.45, 2.75) is 89.0 Å². The van der Waals surface area contributed by atoms with Crippen molar-refractivity contribution in [3.8, 4) is 0 Å². The van der Waals surface area contributed by atoms with Gasteiger partial charge in [-0.3, -0.25) is 4.79 Å². The van der Waals surface area contributed by atoms with Crippen molar-refractivity contribution in [2.24, 2.45) is 5.92 Å². The molecule has 2 rings (SSSR count). The lowest BCUT2D eigenvalue weighted by molar-refractivity contribution is -0.137. The van der Waals surface area contributed by atoms with Crippen LogP contribution in [0.5, 0.6) is 0 Å². The van der Waals surface area contributed by atoms with Crippen molar-refractivity contribution in [3.63, 3.8) is 0 Å². The number of rotatable bonds is 12. The minimum absolute atomic E-state index is 0.0806. The predicted octanol–water partition coefficient (Wildman–Crippen LogP) is 4.90. The van der Waals surface area contributed by atoms with E-state index in [-0.39, 0.29) is 18.8 Å². The van der Waals surface area contributed by atoms with E-state index in [9.17, 15) is 19.4 Å². The van der Waals surface area contributed by atoms with Gasteiger partial charge in [-0.15, -0.1) is 0 Å². The zero-order valence-electron chi connectivity index (χ0n) is 16.6. The summed E-state index contributed by atoms with van der Waals surface area (Å²) in [5.74, 6) is -1.11. The number of aliphatic hydroxyl groups excluding tert-OH is 2. The van der Waals surface area contributed by atoms with Crippen molar-refractivity contribution in [1.82, 2.24) is 0 Å². The van der Waals surface area contributed by atoms with Crippen molar-refractivity contribution >= 4 is 5.97 Å². The molecule has 1 aromatic heterocycles. The molecule has 1 aliphatic carbocycles. The van der Waals surface area contributed by atoms with Crippen LogP contribution in [-0.4, -0.2) is 33.6 Å². The Morgan fingerprint density at radius 2 is 2.14 bits per heavy atom. The first-order chi connectivity index (χ1) is 13.4. The third-order valence-electron chi connectivity index (χ3n) is 5.58. The molecule has 0 saturated heterocycles. The van der Waals surface area contributed by atoms with Crippen LogP contribution in [0.4, 0.5) is 4.39 Å². The molecule has 3 N–H and O–H groups in total. The van der Waals surface area contributed by atoms with E-state index >= 15 is 0 Å². The monoisotopic (exact) mass is 396 g/mol. The summed E-state index contributed by atoms with van der Waals surface area (Å²) in [6.07, 6.45) is 8.34. The molecule has 3 unspecified atom stereocenters. The van der Waals surface area contributed by atoms with Gasteiger partial charge in [-0.25, -0.2) is 4.39 Å². The molecule has 0 radical (unpaired) electrons. The lowest BCUT2D eigenvalue weighted by Gasteiger charge is -2.19. The number of carboxylic acids is 1. The normalized spacial score (nSPS) is 26.1. The summed E-state index contributed by atoms with van der Waals surface area (Å²) in [6.45, 7) is 2.11. The molecular weight excluding hydrogens is 363 g/mol. The molecule has 5 nitrogen and oxygen atoms in total. The lowest BCUT2D eigenvalue weighted by atomic mass is 9.88. The zero-order valence-corrected chi connectivity index (χ0v) is 16.6. The Bertz CT molecular complexity index is 626. The van der Waals surface area contributed by atoms with Gasteiger partial charge in [-0.2, -0.15) is 0 Å². The quantitative estimate of drug-likeness (QED) is 0.345. The Balaban J connectivity index is 1.96. The number of hydrogen-bond acceptors (Lipinski definition) is 4. The van der Waals surface area contributed by atoms with Gasteiger partial charge in [0.15, 0.2) is 0 Å². The highest BCUT2D eigenvalue weighted by molar-refractivity contribution is 5.66. The first kappa shape index (κ1) is 22.6. The first-order valence-electron chi connectivity index (χ1n) is 10.4. The van der Waals surface area contributed by atoms with Crippen LogP contribution in [0.25, 0.3) is 0 Å². The fourth-order valence-corrected chi connectivity index (χ4v) is 3.97. The molecule has 6 heteroatoms. The molecule has 1 saturated carbocycles. The molecule has 0 amide bonds. The largest absolute Gasteiger partial charge is 0.481 e. The predicted molar refractivity (Wildman–Crippen MR) is 105 cm³/mol. The SMILES string of the molecule is CCCCCC(O)c1coc(C2C(CC=CCCCC(=O)O)[C@H](F)C[C@H]2O)c1. The van der Waals surface area contributed by atoms with E-state index in [0.717, 1.165) is 19.3 Å². The second kappa shape index (κ2) is 11.4. The Morgan fingerprint density at radius 3 is 2.86 bits per heavy atom. The third-order valence-corrected chi connectivity index (χ3v) is 5.58. The Hall–Kier alpha value is -1.66. The van der Waals surface area contributed by atoms with Crippen molar-refractivity contribution in [3.05, 3.63) is 35.8 Å². The van der Waals surface area contributed by atoms with Crippen LogP contribution in [0.1, 0.15) is 88.1 Å². The van der Waals surface area contributed by atoms with Crippen molar-refractivity contribution in [1.29, 1.82) is 0 Å². The summed E-state index contributed by atoms with van der Waals surface area (Å²) in [4.78, 5) is 10.5. The molecule has 1 heterocycles. The number of carbonyl (C=O) groups is 1. The summed E-state index contributed by atoms with van der Waals surface area (Å²) in [5.41, 5.74) is 0.684. The van der Waals surface area contributed by atoms with Crippen LogP contribution >= 0.6 is 0 Å². The van der Waals surface area contributed by atoms with Gasteiger partial charge in [-0.05, 0) is 31.7 Å². The van der Waals surface area contributed by atoms with E-state index in [4.69, 9.17) is 9.52 Å². The molecule has 1 aliphatic rings. The number of hydrogen-bond donors (Lipinski definition) is 3. The van der Waals surface area contributed by atoms with Gasteiger partial charge in [0.2, 0.25) is 0 Å². The fraction of sp³-hybridized carbons (Fsp3) is 0.682. The highest BCUT2D eigenvalue weighted by Gasteiger charge is 2.44. The van der Waals surface area contributed by atoms with Gasteiger partial charge < -0.3 is 19.7 Å². The number of aliphatic hydroxyl groups is 2. The van der Waals surface area contributed by atoms with Gasteiger partial charge in [0, 0.05) is 30.2 Å². The highest BCUT2D eigenvalue weighted by Crippen LogP contribution is 2.44. The smallest absolute Gasteiger partial charge is 0.303 e. The Morgan fingerprint density at radius 1 is 1.36 bits per heavy atom. The van der Waals surface area contributed by atoms with E-state index in [1.165, 1.54) is 6.26 Å². The minimum Gasteiger partial charge on any atom is -0.481 e. The van der Waals surface area contributed by atoms with Gasteiger partial charge in [0.05, 0.1) is 18.5 Å². The number of allylic oxidation sites excluding steroid dienone is 2. The molecule has 1 aromatic rings. The number of unbranched alkanes of at least 4 members (excludes halogenated alkanes) is 3. The second-order valence-electron chi connectivity index (χ2n) is 7.80. The van der Waals surface area contributed by atoms with Crippen molar-refractivity contribution in [2.75, 3.05) is 0 Å². The molecule has 0 spiro atoms. The van der Waals surface area contributed by atoms with Crippen LogP contribution < -0.4 is 0 Å². The van der Waals surface area contributed by atoms with E-state index in [2.05, 4.69) is 6.92 Å². The summed E-state index contributed by atoms with van der Waals surface area (Å²) in [7, 11) is 0. The number of carboxylic acid groups (broad SMARTS) is 1. The molecule has 0 aromatic carbocycles. The highest BCUT2D eigenvalue weighted by atomic mass is 19.1. The molecule has 28 heavy (non-hydrogen) atoms. The van der Waals surface area contributed by atoms with Crippen LogP contribution in [0.2, 0.25) is 0 Å². The van der Waals surface area contributed by atoms with E-state index in [1.807, 2.05) is 12.2 Å². The molecule has 0 aliphatic heterocycles. The Kier molecular flexibility index (Phi) is 9.19. The zero-order chi connectivity index (χ0) is 20.5. The van der Waals surface area contributed by atoms with Gasteiger partial charge in [0.25, 0.3) is 0 Å². The molecular formula is C22H33FO5. The fourth-order valence-electron chi connectivity index (χ4n) is 3.97. The number of furan rings is 1. The maximum absolute atomic E-state index is 14.5. The molecule has 158 valence electrons. The van der Waals surface area contributed by atoms with E-state index in [0.29, 0.717) is 37.0 Å². The summed E-state index contributed by atoms with van der Waals surface area (Å²) >= 11 is 0. The number of halogens is 1. The van der Waals surface area contributed by atoms with E-state index < -0.39 is 30.3 Å². The molecule has 5 atom stereocenters. The third kappa shape index (κ3) is 6.45. The lowest BCUT2D eigenvalue weighted by Crippen LogP contribution is -2.18. The summed E-state index contributed by atoms with van der Waals surface area (Å²) in [5, 5.41) is 29.3. The van der Waals surface area contributed by atoms with Gasteiger partial charge in [-0.1, -0.05) is 38.3 Å². The first-order valence-corrected chi connectivity index (χ1v) is 10.4. The number of alkyl halides is 1. The maximum Gasteiger partial charge on any atom is 0.303 e. The maximum atomic E-state index is 14.5. The minimum atomic E-state index is -1.12. The topological polar surface area (TPSA) is 90.9 Å². The standard InChI is InChI=1S/C22H33FO5/c1-2-3-6-10-18(24)15-12-20(28-14-15)22-16(17(23)13-19(22)25)9-7-4-5-8-11-21(26)27/h4,7,12,14,16-19,22,24-25H,2-3,5-6,8-11,13H2,1H3,(H,26,27)/t16?,17-,18?,19-,22?/m1/s1. The second-order valence-corrected chi connectivity index (χ2v) is 7.80. The van der Waals surface area contributed by atoms with Crippen LogP contribution in [-0.2, 0) is 4.79 Å². The van der Waals surface area contributed by atoms with Crippen LogP contribution in [0.3, 0.4) is 0 Å². The van der Waals surface area contributed by atoms with E-state index in [1.54, 1.807) is 6.07 Å². The van der Waals surface area contributed by atoms with Crippen molar-refractivity contribution < 1.29 is 28.9 Å². The number of aliphatic carboxylic acids is 1. The molecule has 0 bridgehead atoms. The summed E-state index contributed by atoms with van der Waals surface area (Å²) < 4.78 is 20.1. The van der Waals surface area contributed by atoms with Gasteiger partial charge >= 0.3 is 5.97 Å². The van der Waals surface area contributed by atoms with Crippen LogP contribution in [0, 0.1) is 5.92 Å². The van der Waals surface area contributed by atoms with Crippen LogP contribution in [0.15, 0.2) is 28.9 Å². The average molecular weight is 396 g/mol. The Labute approximate surface area is 166 Å².